The van der Waals surface area contributed by atoms with E-state index in [-0.39, 0.29) is 0 Å². The molecule has 3 aromatic heterocycles. The number of aromatic nitrogens is 3. The quantitative estimate of drug-likeness (QED) is 0.684. The van der Waals surface area contributed by atoms with Gasteiger partial charge in [-0.25, -0.2) is 4.68 Å². The minimum Gasteiger partial charge on any atom is -0.466 e. The lowest BCUT2D eigenvalue weighted by Gasteiger charge is -1.99. The first-order valence-corrected chi connectivity index (χ1v) is 6.21. The predicted octanol–water partition coefficient (Wildman–Crippen LogP) is 2.96. The molecule has 5 nitrogen and oxygen atoms in total. The van der Waals surface area contributed by atoms with Crippen molar-refractivity contribution in [2.24, 2.45) is 0 Å². The molecule has 0 aliphatic carbocycles. The van der Waals surface area contributed by atoms with Gasteiger partial charge >= 0.3 is 0 Å². The van der Waals surface area contributed by atoms with Crippen LogP contribution in [0.2, 0.25) is 0 Å². The van der Waals surface area contributed by atoms with Crippen LogP contribution in [0.3, 0.4) is 0 Å². The Kier molecular flexibility index (Phi) is 2.95. The molecule has 0 unspecified atom stereocenters. The number of carbonyl (C=O) groups is 1. The number of hydrogen-bond donors (Lipinski definition) is 0. The summed E-state index contributed by atoms with van der Waals surface area (Å²) in [5, 5.41) is 4.49. The number of rotatable bonds is 3. The molecule has 100 valence electrons. The van der Waals surface area contributed by atoms with Gasteiger partial charge in [-0.05, 0) is 32.0 Å². The third-order valence-electron chi connectivity index (χ3n) is 3.09. The molecule has 0 saturated heterocycles. The summed E-state index contributed by atoms with van der Waals surface area (Å²) in [6.07, 6.45) is 5.89. The summed E-state index contributed by atoms with van der Waals surface area (Å²) in [5.74, 6) is 1.55. The molecule has 0 aromatic carbocycles. The fraction of sp³-hybridized carbons (Fsp3) is 0.133. The Bertz CT molecular complexity index is 757. The summed E-state index contributed by atoms with van der Waals surface area (Å²) in [6.45, 7) is 3.74. The second-order valence-electron chi connectivity index (χ2n) is 4.53. The van der Waals surface area contributed by atoms with Crippen molar-refractivity contribution >= 4 is 6.29 Å². The minimum atomic E-state index is 0.533. The van der Waals surface area contributed by atoms with E-state index in [2.05, 4.69) is 10.1 Å². The van der Waals surface area contributed by atoms with Crippen molar-refractivity contribution in [3.63, 3.8) is 0 Å². The first-order valence-electron chi connectivity index (χ1n) is 6.21. The average molecular weight is 267 g/mol. The van der Waals surface area contributed by atoms with E-state index in [4.69, 9.17) is 4.42 Å². The van der Waals surface area contributed by atoms with Crippen molar-refractivity contribution in [1.82, 2.24) is 14.8 Å². The lowest BCUT2D eigenvalue weighted by Crippen LogP contribution is -1.94. The highest BCUT2D eigenvalue weighted by Gasteiger charge is 2.16. The van der Waals surface area contributed by atoms with Gasteiger partial charge in [0, 0.05) is 24.2 Å². The zero-order valence-electron chi connectivity index (χ0n) is 11.2. The number of aldehydes is 1. The molecule has 0 aliphatic rings. The smallest absolute Gasteiger partial charge is 0.153 e. The van der Waals surface area contributed by atoms with Crippen molar-refractivity contribution in [1.29, 1.82) is 0 Å². The highest BCUT2D eigenvalue weighted by Crippen LogP contribution is 2.28. The van der Waals surface area contributed by atoms with E-state index in [1.54, 1.807) is 23.3 Å². The maximum atomic E-state index is 11.3. The molecule has 0 fully saturated rings. The van der Waals surface area contributed by atoms with Crippen LogP contribution in [0.4, 0.5) is 0 Å². The Morgan fingerprint density at radius 1 is 1.25 bits per heavy atom. The summed E-state index contributed by atoms with van der Waals surface area (Å²) < 4.78 is 7.18. The second kappa shape index (κ2) is 4.77. The van der Waals surface area contributed by atoms with Gasteiger partial charge in [0.05, 0.1) is 11.3 Å². The third kappa shape index (κ3) is 2.03. The molecule has 3 rings (SSSR count). The van der Waals surface area contributed by atoms with Crippen molar-refractivity contribution in [3.05, 3.63) is 53.9 Å². The van der Waals surface area contributed by atoms with Crippen LogP contribution in [0.25, 0.3) is 16.9 Å². The molecule has 5 heteroatoms. The Morgan fingerprint density at radius 3 is 2.60 bits per heavy atom. The molecule has 0 bridgehead atoms. The first-order chi connectivity index (χ1) is 9.69. The molecule has 3 aromatic rings. The Balaban J connectivity index is 2.15. The fourth-order valence-corrected chi connectivity index (χ4v) is 2.18. The van der Waals surface area contributed by atoms with E-state index in [1.165, 1.54) is 0 Å². The SMILES string of the molecule is Cc1cc(-c2nn(-c3ccncc3)cc2C=O)c(C)o1. The van der Waals surface area contributed by atoms with Crippen LogP contribution >= 0.6 is 0 Å². The molecule has 0 aliphatic heterocycles. The van der Waals surface area contributed by atoms with Crippen molar-refractivity contribution < 1.29 is 9.21 Å². The summed E-state index contributed by atoms with van der Waals surface area (Å²) in [4.78, 5) is 15.2. The van der Waals surface area contributed by atoms with Crippen LogP contribution in [0, 0.1) is 13.8 Å². The van der Waals surface area contributed by atoms with Gasteiger partial charge in [-0.15, -0.1) is 0 Å². The van der Waals surface area contributed by atoms with Crippen molar-refractivity contribution in [2.75, 3.05) is 0 Å². The number of carbonyl (C=O) groups excluding carboxylic acids is 1. The fourth-order valence-electron chi connectivity index (χ4n) is 2.18. The second-order valence-corrected chi connectivity index (χ2v) is 4.53. The molecule has 0 saturated carbocycles. The number of nitrogens with zero attached hydrogens (tertiary/aromatic N) is 3. The van der Waals surface area contributed by atoms with Crippen molar-refractivity contribution in [2.45, 2.75) is 13.8 Å². The Labute approximate surface area is 115 Å². The van der Waals surface area contributed by atoms with Crippen LogP contribution in [0.5, 0.6) is 0 Å². The number of pyridine rings is 1. The zero-order chi connectivity index (χ0) is 14.1. The topological polar surface area (TPSA) is 60.9 Å². The third-order valence-corrected chi connectivity index (χ3v) is 3.09. The molecule has 3 heterocycles. The van der Waals surface area contributed by atoms with E-state index >= 15 is 0 Å². The van der Waals surface area contributed by atoms with Crippen LogP contribution in [0.1, 0.15) is 21.9 Å². The van der Waals surface area contributed by atoms with E-state index in [0.717, 1.165) is 29.1 Å². The summed E-state index contributed by atoms with van der Waals surface area (Å²) >= 11 is 0. The minimum absolute atomic E-state index is 0.533. The molecule has 0 radical (unpaired) electrons. The van der Waals surface area contributed by atoms with Crippen LogP contribution in [-0.4, -0.2) is 21.1 Å². The molecular formula is C15H13N3O2. The van der Waals surface area contributed by atoms with E-state index in [0.29, 0.717) is 11.3 Å². The molecular weight excluding hydrogens is 254 g/mol. The van der Waals surface area contributed by atoms with Gasteiger partial charge in [-0.1, -0.05) is 0 Å². The van der Waals surface area contributed by atoms with Gasteiger partial charge in [0.2, 0.25) is 0 Å². The first kappa shape index (κ1) is 12.3. The molecule has 0 N–H and O–H groups in total. The average Bonchev–Trinajstić information content (AvgIpc) is 3.02. The van der Waals surface area contributed by atoms with E-state index < -0.39 is 0 Å². The van der Waals surface area contributed by atoms with Gasteiger partial charge in [0.15, 0.2) is 6.29 Å². The lowest BCUT2D eigenvalue weighted by atomic mass is 10.1. The maximum Gasteiger partial charge on any atom is 0.153 e. The maximum absolute atomic E-state index is 11.3. The standard InChI is InChI=1S/C15H13N3O2/c1-10-7-14(11(2)20-10)15-12(9-19)8-18(17-15)13-3-5-16-6-4-13/h3-9H,1-2H3. The van der Waals surface area contributed by atoms with Gasteiger partial charge in [-0.2, -0.15) is 5.10 Å². The van der Waals surface area contributed by atoms with Crippen LogP contribution in [-0.2, 0) is 0 Å². The monoisotopic (exact) mass is 267 g/mol. The predicted molar refractivity (Wildman–Crippen MR) is 73.9 cm³/mol. The van der Waals surface area contributed by atoms with Gasteiger partial charge in [-0.3, -0.25) is 9.78 Å². The summed E-state index contributed by atoms with van der Waals surface area (Å²) in [5.41, 5.74) is 2.86. The Morgan fingerprint density at radius 2 is 2.00 bits per heavy atom. The molecule has 0 amide bonds. The van der Waals surface area contributed by atoms with Crippen LogP contribution in [0.15, 0.2) is 41.2 Å². The highest BCUT2D eigenvalue weighted by molar-refractivity contribution is 5.86. The van der Waals surface area contributed by atoms with Crippen LogP contribution < -0.4 is 0 Å². The van der Waals surface area contributed by atoms with Crippen molar-refractivity contribution in [3.8, 4) is 16.9 Å². The summed E-state index contributed by atoms with van der Waals surface area (Å²) in [6, 6.07) is 5.55. The van der Waals surface area contributed by atoms with Gasteiger partial charge < -0.3 is 4.42 Å². The number of hydrogen-bond acceptors (Lipinski definition) is 4. The molecule has 0 atom stereocenters. The van der Waals surface area contributed by atoms with Gasteiger partial charge in [0.25, 0.3) is 0 Å². The molecule has 20 heavy (non-hydrogen) atoms. The number of aryl methyl sites for hydroxylation is 2. The largest absolute Gasteiger partial charge is 0.466 e. The zero-order valence-corrected chi connectivity index (χ0v) is 11.2. The van der Waals surface area contributed by atoms with Gasteiger partial charge in [0.1, 0.15) is 17.2 Å². The van der Waals surface area contributed by atoms with E-state index in [1.807, 2.05) is 32.0 Å². The highest BCUT2D eigenvalue weighted by atomic mass is 16.3. The summed E-state index contributed by atoms with van der Waals surface area (Å²) in [7, 11) is 0. The molecule has 0 spiro atoms. The Hall–Kier alpha value is -2.69. The normalized spacial score (nSPS) is 10.7. The number of furan rings is 1. The lowest BCUT2D eigenvalue weighted by molar-refractivity contribution is 0.112. The van der Waals surface area contributed by atoms with E-state index in [9.17, 15) is 4.79 Å².